The number of benzene rings is 2. The van der Waals surface area contributed by atoms with Crippen LogP contribution in [0.3, 0.4) is 0 Å². The minimum atomic E-state index is 0.0188. The maximum Gasteiger partial charge on any atom is 0.0146 e. The van der Waals surface area contributed by atoms with Crippen molar-refractivity contribution in [2.75, 3.05) is 0 Å². The third-order valence-corrected chi connectivity index (χ3v) is 5.59. The van der Waals surface area contributed by atoms with Crippen molar-refractivity contribution in [3.05, 3.63) is 95.6 Å². The van der Waals surface area contributed by atoms with Crippen LogP contribution in [0.4, 0.5) is 0 Å². The third kappa shape index (κ3) is 3.38. The Kier molecular flexibility index (Phi) is 4.76. The van der Waals surface area contributed by atoms with Crippen molar-refractivity contribution >= 4 is 0 Å². The van der Waals surface area contributed by atoms with Gasteiger partial charge in [-0.2, -0.15) is 0 Å². The highest BCUT2D eigenvalue weighted by atomic mass is 14.3. The van der Waals surface area contributed by atoms with E-state index in [0.717, 1.165) is 12.8 Å². The summed E-state index contributed by atoms with van der Waals surface area (Å²) in [7, 11) is 0. The van der Waals surface area contributed by atoms with E-state index in [0.29, 0.717) is 0 Å². The van der Waals surface area contributed by atoms with Gasteiger partial charge >= 0.3 is 0 Å². The summed E-state index contributed by atoms with van der Waals surface area (Å²) in [5, 5.41) is 0. The minimum Gasteiger partial charge on any atom is -0.0845 e. The molecule has 124 valence electrons. The topological polar surface area (TPSA) is 0 Å². The average Bonchev–Trinajstić information content (AvgIpc) is 2.59. The van der Waals surface area contributed by atoms with Gasteiger partial charge in [0, 0.05) is 5.41 Å². The van der Waals surface area contributed by atoms with Crippen LogP contribution >= 0.6 is 0 Å². The Morgan fingerprint density at radius 3 is 2.33 bits per heavy atom. The Hall–Kier alpha value is -2.08. The normalized spacial score (nSPS) is 24.0. The van der Waals surface area contributed by atoms with Crippen LogP contribution in [0.2, 0.25) is 0 Å². The molecule has 0 saturated heterocycles. The molecule has 0 nitrogen and oxygen atoms in total. The van der Waals surface area contributed by atoms with Gasteiger partial charge in [-0.1, -0.05) is 99.7 Å². The van der Waals surface area contributed by atoms with Crippen molar-refractivity contribution in [1.82, 2.24) is 0 Å². The summed E-state index contributed by atoms with van der Waals surface area (Å²) < 4.78 is 0. The molecule has 2 aromatic rings. The molecule has 0 aliphatic heterocycles. The quantitative estimate of drug-likeness (QED) is 0.601. The molecule has 0 radical (unpaired) electrons. The molecule has 1 unspecified atom stereocenters. The summed E-state index contributed by atoms with van der Waals surface area (Å²) in [6.45, 7) is 7.06. The Balaban J connectivity index is 1.97. The Morgan fingerprint density at radius 1 is 0.833 bits per heavy atom. The maximum atomic E-state index is 2.44. The smallest absolute Gasteiger partial charge is 0.0146 e. The second-order valence-corrected chi connectivity index (χ2v) is 7.73. The molecule has 0 heterocycles. The Labute approximate surface area is 146 Å². The predicted molar refractivity (Wildman–Crippen MR) is 104 cm³/mol. The van der Waals surface area contributed by atoms with Gasteiger partial charge in [-0.25, -0.2) is 0 Å². The van der Waals surface area contributed by atoms with Crippen molar-refractivity contribution in [1.29, 1.82) is 0 Å². The zero-order valence-electron chi connectivity index (χ0n) is 15.1. The number of hydrogen-bond acceptors (Lipinski definition) is 0. The summed E-state index contributed by atoms with van der Waals surface area (Å²) in [4.78, 5) is 0. The van der Waals surface area contributed by atoms with E-state index in [1.807, 2.05) is 0 Å². The van der Waals surface area contributed by atoms with Crippen molar-refractivity contribution in [3.8, 4) is 0 Å². The van der Waals surface area contributed by atoms with E-state index in [1.165, 1.54) is 23.1 Å². The van der Waals surface area contributed by atoms with Crippen molar-refractivity contribution in [2.24, 2.45) is 0 Å². The summed E-state index contributed by atoms with van der Waals surface area (Å²) in [6, 6.07) is 20.1. The molecule has 0 spiro atoms. The zero-order chi connectivity index (χ0) is 17.0. The van der Waals surface area contributed by atoms with E-state index >= 15 is 0 Å². The van der Waals surface area contributed by atoms with Gasteiger partial charge in [-0.15, -0.1) is 0 Å². The van der Waals surface area contributed by atoms with Crippen LogP contribution in [0.1, 0.15) is 56.7 Å². The third-order valence-electron chi connectivity index (χ3n) is 5.59. The van der Waals surface area contributed by atoms with Crippen LogP contribution in [0.25, 0.3) is 0 Å². The summed E-state index contributed by atoms with van der Waals surface area (Å²) in [6.07, 6.45) is 12.4. The van der Waals surface area contributed by atoms with Gasteiger partial charge in [0.2, 0.25) is 0 Å². The van der Waals surface area contributed by atoms with Crippen LogP contribution in [-0.2, 0) is 10.8 Å². The molecular formula is C24H28. The van der Waals surface area contributed by atoms with Crippen molar-refractivity contribution in [2.45, 2.75) is 50.9 Å². The van der Waals surface area contributed by atoms with E-state index in [-0.39, 0.29) is 10.8 Å². The first-order chi connectivity index (χ1) is 11.5. The molecule has 1 aliphatic carbocycles. The molecule has 24 heavy (non-hydrogen) atoms. The number of hydrogen-bond donors (Lipinski definition) is 0. The molecule has 0 bridgehead atoms. The zero-order valence-corrected chi connectivity index (χ0v) is 15.1. The molecular weight excluding hydrogens is 288 g/mol. The van der Waals surface area contributed by atoms with Crippen LogP contribution in [0.15, 0.2) is 78.9 Å². The monoisotopic (exact) mass is 316 g/mol. The van der Waals surface area contributed by atoms with Gasteiger partial charge in [0.1, 0.15) is 0 Å². The lowest BCUT2D eigenvalue weighted by molar-refractivity contribution is 0.440. The molecule has 0 aromatic heterocycles. The van der Waals surface area contributed by atoms with E-state index in [9.17, 15) is 0 Å². The maximum absolute atomic E-state index is 2.44. The fourth-order valence-corrected chi connectivity index (χ4v) is 3.65. The largest absolute Gasteiger partial charge is 0.0845 e. The standard InChI is InChI=1S/C24H28/c1-23(2,20-13-8-7-9-14-20)21-15-12-16-22(19-21)24(3)17-10-5-4-6-11-18-24/h4-10,12-16,19H,11,17-18H2,1-3H3/b6-4-,10-5-. The number of rotatable bonds is 3. The Bertz CT molecular complexity index is 734. The van der Waals surface area contributed by atoms with E-state index < -0.39 is 0 Å². The fourth-order valence-electron chi connectivity index (χ4n) is 3.65. The van der Waals surface area contributed by atoms with Gasteiger partial charge in [-0.05, 0) is 41.4 Å². The highest BCUT2D eigenvalue weighted by Crippen LogP contribution is 2.38. The van der Waals surface area contributed by atoms with Crippen LogP contribution in [0.5, 0.6) is 0 Å². The molecule has 3 rings (SSSR count). The van der Waals surface area contributed by atoms with Gasteiger partial charge in [-0.3, -0.25) is 0 Å². The molecule has 2 aromatic carbocycles. The Morgan fingerprint density at radius 2 is 1.54 bits per heavy atom. The fraction of sp³-hybridized carbons (Fsp3) is 0.333. The highest BCUT2D eigenvalue weighted by Gasteiger charge is 2.28. The molecule has 0 heteroatoms. The van der Waals surface area contributed by atoms with Crippen molar-refractivity contribution in [3.63, 3.8) is 0 Å². The molecule has 0 saturated carbocycles. The highest BCUT2D eigenvalue weighted by molar-refractivity contribution is 5.41. The molecule has 0 amide bonds. The lowest BCUT2D eigenvalue weighted by atomic mass is 9.72. The molecule has 0 N–H and O–H groups in total. The first-order valence-corrected chi connectivity index (χ1v) is 9.01. The van der Waals surface area contributed by atoms with Crippen molar-refractivity contribution < 1.29 is 0 Å². The second-order valence-electron chi connectivity index (χ2n) is 7.73. The second kappa shape index (κ2) is 6.81. The van der Waals surface area contributed by atoms with Gasteiger partial charge in [0.25, 0.3) is 0 Å². The summed E-state index contributed by atoms with van der Waals surface area (Å²) >= 11 is 0. The van der Waals surface area contributed by atoms with E-state index in [1.54, 1.807) is 0 Å². The molecule has 1 aliphatic rings. The van der Waals surface area contributed by atoms with Gasteiger partial charge in [0.15, 0.2) is 0 Å². The van der Waals surface area contributed by atoms with Gasteiger partial charge in [0.05, 0.1) is 0 Å². The van der Waals surface area contributed by atoms with Crippen LogP contribution in [0, 0.1) is 0 Å². The summed E-state index contributed by atoms with van der Waals surface area (Å²) in [5.41, 5.74) is 4.46. The predicted octanol–water partition coefficient (Wildman–Crippen LogP) is 6.57. The average molecular weight is 316 g/mol. The van der Waals surface area contributed by atoms with E-state index in [4.69, 9.17) is 0 Å². The van der Waals surface area contributed by atoms with Crippen LogP contribution < -0.4 is 0 Å². The van der Waals surface area contributed by atoms with Gasteiger partial charge < -0.3 is 0 Å². The lowest BCUT2D eigenvalue weighted by Gasteiger charge is -2.32. The first-order valence-electron chi connectivity index (χ1n) is 9.01. The molecule has 0 fully saturated rings. The van der Waals surface area contributed by atoms with Crippen LogP contribution in [-0.4, -0.2) is 0 Å². The molecule has 1 atom stereocenters. The SMILES string of the molecule is CC1(c2cccc(C(C)(C)c3ccccc3)c2)C/C=C\C=C/CC1. The number of allylic oxidation sites excluding steroid dienone is 4. The minimum absolute atomic E-state index is 0.0188. The lowest BCUT2D eigenvalue weighted by Crippen LogP contribution is -2.24. The summed E-state index contributed by atoms with van der Waals surface area (Å²) in [5.74, 6) is 0. The first kappa shape index (κ1) is 16.8. The van der Waals surface area contributed by atoms with E-state index in [2.05, 4.69) is 99.7 Å².